The lowest BCUT2D eigenvalue weighted by atomic mass is 9.94. The Hall–Kier alpha value is -7.82. The van der Waals surface area contributed by atoms with Crippen molar-refractivity contribution >= 4 is 77.7 Å². The van der Waals surface area contributed by atoms with E-state index in [1.165, 1.54) is 111 Å². The molecule has 0 bridgehead atoms. The molecule has 11 aromatic rings. The fraction of sp³-hybridized carbons (Fsp3) is 0.100. The summed E-state index contributed by atoms with van der Waals surface area (Å²) in [6, 6.07) is 72.6. The molecule has 4 heteroatoms. The van der Waals surface area contributed by atoms with Gasteiger partial charge in [0.1, 0.15) is 0 Å². The summed E-state index contributed by atoms with van der Waals surface area (Å²) >= 11 is 0. The van der Waals surface area contributed by atoms with Crippen LogP contribution in [0.15, 0.2) is 194 Å². The fourth-order valence-electron chi connectivity index (χ4n) is 11.0. The zero-order chi connectivity index (χ0) is 42.5. The van der Waals surface area contributed by atoms with Crippen LogP contribution in [-0.2, 0) is 25.7 Å². The number of aromatic nitrogens is 2. The molecule has 0 spiro atoms. The Kier molecular flexibility index (Phi) is 8.26. The molecule has 0 radical (unpaired) electrons. The van der Waals surface area contributed by atoms with Crippen LogP contribution < -0.4 is 9.80 Å². The van der Waals surface area contributed by atoms with Crippen molar-refractivity contribution in [2.45, 2.75) is 39.5 Å². The maximum Gasteiger partial charge on any atom is 0.0597 e. The monoisotopic (exact) mass is 822 g/mol. The number of nitrogens with zero attached hydrogens (tertiary/aromatic N) is 4. The Balaban J connectivity index is 1.10. The van der Waals surface area contributed by atoms with Gasteiger partial charge in [-0.05, 0) is 120 Å². The molecule has 4 heterocycles. The normalized spacial score (nSPS) is 12.5. The minimum Gasteiger partial charge on any atom is -0.310 e. The Morgan fingerprint density at radius 2 is 0.750 bits per heavy atom. The van der Waals surface area contributed by atoms with Crippen LogP contribution in [0.25, 0.3) is 55.0 Å². The molecule has 9 aromatic carbocycles. The van der Waals surface area contributed by atoms with Crippen molar-refractivity contribution in [3.63, 3.8) is 0 Å². The van der Waals surface area contributed by atoms with E-state index in [4.69, 9.17) is 0 Å². The molecule has 0 fully saturated rings. The summed E-state index contributed by atoms with van der Waals surface area (Å²) in [5.74, 6) is 0. The van der Waals surface area contributed by atoms with Gasteiger partial charge in [0.2, 0.25) is 0 Å². The average molecular weight is 823 g/mol. The van der Waals surface area contributed by atoms with Crippen molar-refractivity contribution in [2.75, 3.05) is 9.80 Å². The molecule has 0 unspecified atom stereocenters. The summed E-state index contributed by atoms with van der Waals surface area (Å²) in [6.45, 7) is 4.44. The van der Waals surface area contributed by atoms with Crippen LogP contribution in [0.2, 0.25) is 0 Å². The Labute approximate surface area is 373 Å². The molecule has 306 valence electrons. The Morgan fingerprint density at radius 3 is 1.16 bits per heavy atom. The van der Waals surface area contributed by atoms with Crippen LogP contribution in [0, 0.1) is 0 Å². The van der Waals surface area contributed by atoms with E-state index in [0.29, 0.717) is 0 Å². The molecule has 0 amide bonds. The molecule has 0 aliphatic carbocycles. The van der Waals surface area contributed by atoms with Gasteiger partial charge in [-0.25, -0.2) is 0 Å². The number of anilines is 6. The zero-order valence-electron chi connectivity index (χ0n) is 36.1. The summed E-state index contributed by atoms with van der Waals surface area (Å²) in [4.78, 5) is 4.92. The summed E-state index contributed by atoms with van der Waals surface area (Å²) in [5.41, 5.74) is 22.7. The van der Waals surface area contributed by atoms with Gasteiger partial charge in [0.05, 0.1) is 33.4 Å². The molecule has 0 atom stereocenters. The summed E-state index contributed by atoms with van der Waals surface area (Å²) in [5, 5.41) is 5.12. The van der Waals surface area contributed by atoms with Crippen molar-refractivity contribution in [3.05, 3.63) is 228 Å². The van der Waals surface area contributed by atoms with Gasteiger partial charge in [0.25, 0.3) is 0 Å². The lowest BCUT2D eigenvalue weighted by Crippen LogP contribution is -2.15. The van der Waals surface area contributed by atoms with Gasteiger partial charge in [-0.2, -0.15) is 0 Å². The van der Waals surface area contributed by atoms with E-state index in [1.807, 2.05) is 0 Å². The van der Waals surface area contributed by atoms with Gasteiger partial charge in [-0.15, -0.1) is 0 Å². The highest BCUT2D eigenvalue weighted by Gasteiger charge is 2.31. The van der Waals surface area contributed by atoms with E-state index < -0.39 is 0 Å². The predicted octanol–water partition coefficient (Wildman–Crippen LogP) is 15.8. The minimum absolute atomic E-state index is 0.850. The van der Waals surface area contributed by atoms with Crippen LogP contribution in [0.5, 0.6) is 0 Å². The second kappa shape index (κ2) is 14.4. The lowest BCUT2D eigenvalue weighted by molar-refractivity contribution is 1.03. The maximum atomic E-state index is 2.58. The van der Waals surface area contributed by atoms with Gasteiger partial charge >= 0.3 is 0 Å². The lowest BCUT2D eigenvalue weighted by Gasteiger charge is -2.30. The van der Waals surface area contributed by atoms with Gasteiger partial charge in [-0.1, -0.05) is 123 Å². The van der Waals surface area contributed by atoms with E-state index in [1.54, 1.807) is 0 Å². The second-order valence-corrected chi connectivity index (χ2v) is 17.5. The third-order valence-electron chi connectivity index (χ3n) is 14.1. The van der Waals surface area contributed by atoms with Crippen molar-refractivity contribution < 1.29 is 0 Å². The van der Waals surface area contributed by atoms with E-state index in [0.717, 1.165) is 37.1 Å². The number of para-hydroxylation sites is 4. The summed E-state index contributed by atoms with van der Waals surface area (Å²) < 4.78 is 5.16. The number of hydrogen-bond acceptors (Lipinski definition) is 2. The highest BCUT2D eigenvalue weighted by Crippen LogP contribution is 2.51. The van der Waals surface area contributed by atoms with Gasteiger partial charge in [-0.3, -0.25) is 0 Å². The highest BCUT2D eigenvalue weighted by molar-refractivity contribution is 6.21. The third kappa shape index (κ3) is 5.42. The first kappa shape index (κ1) is 36.8. The molecule has 2 aliphatic heterocycles. The van der Waals surface area contributed by atoms with Crippen LogP contribution in [0.4, 0.5) is 34.1 Å². The summed E-state index contributed by atoms with van der Waals surface area (Å²) in [7, 11) is 0. The van der Waals surface area contributed by atoms with Crippen molar-refractivity contribution in [3.8, 4) is 11.4 Å². The third-order valence-corrected chi connectivity index (χ3v) is 14.1. The van der Waals surface area contributed by atoms with E-state index >= 15 is 0 Å². The van der Waals surface area contributed by atoms with Gasteiger partial charge < -0.3 is 18.9 Å². The second-order valence-electron chi connectivity index (χ2n) is 17.5. The molecule has 13 rings (SSSR count). The van der Waals surface area contributed by atoms with Gasteiger partial charge in [0.15, 0.2) is 0 Å². The first-order valence-corrected chi connectivity index (χ1v) is 22.8. The Bertz CT molecular complexity index is 3370. The maximum absolute atomic E-state index is 2.58. The SMILES string of the molecule is CCc1ccc(N(c2ccccc2)c2ccc3c4cc5c(cc4n4c3c2Cc2ccccc2-4)c2ccc(N(c3ccccc3)c3ccc(CC)cc3)c3c2n5-c2ccccc2C3)cc1. The minimum atomic E-state index is 0.850. The van der Waals surface area contributed by atoms with Crippen LogP contribution in [-0.4, -0.2) is 9.13 Å². The smallest absolute Gasteiger partial charge is 0.0597 e. The molecule has 0 saturated heterocycles. The quantitative estimate of drug-likeness (QED) is 0.152. The van der Waals surface area contributed by atoms with Crippen LogP contribution >= 0.6 is 0 Å². The van der Waals surface area contributed by atoms with E-state index in [9.17, 15) is 0 Å². The molecule has 64 heavy (non-hydrogen) atoms. The van der Waals surface area contributed by atoms with Crippen LogP contribution in [0.3, 0.4) is 0 Å². The first-order chi connectivity index (χ1) is 31.7. The standard InChI is InChI=1S/C60H46N4/c1-3-39-23-27-45(28-24-39)61(43-17-7-5-8-18-43)55-33-31-47-49-37-58-50(38-57(49)63-53-21-13-11-15-41(53)35-51(55)59(47)63)48-32-34-56(52-36-42-16-12-14-22-54(42)64(58)60(48)52)62(44-19-9-6-10-20-44)46-29-25-40(4-2)26-30-46/h5-34,37-38H,3-4,35-36H2,1-2H3. The molecule has 0 saturated carbocycles. The molecule has 2 aromatic heterocycles. The van der Waals surface area contributed by atoms with Gasteiger partial charge in [0, 0.05) is 79.6 Å². The molecule has 2 aliphatic rings. The Morgan fingerprint density at radius 1 is 0.375 bits per heavy atom. The van der Waals surface area contributed by atoms with Crippen molar-refractivity contribution in [1.29, 1.82) is 0 Å². The topological polar surface area (TPSA) is 16.3 Å². The molecular weight excluding hydrogens is 777 g/mol. The molecular formula is C60H46N4. The number of hydrogen-bond donors (Lipinski definition) is 0. The van der Waals surface area contributed by atoms with Crippen LogP contribution in [0.1, 0.15) is 47.2 Å². The zero-order valence-corrected chi connectivity index (χ0v) is 36.1. The predicted molar refractivity (Wildman–Crippen MR) is 269 cm³/mol. The average Bonchev–Trinajstić information content (AvgIpc) is 3.87. The fourth-order valence-corrected chi connectivity index (χ4v) is 11.0. The first-order valence-electron chi connectivity index (χ1n) is 22.8. The summed E-state index contributed by atoms with van der Waals surface area (Å²) in [6.07, 6.45) is 3.73. The van der Waals surface area contributed by atoms with Crippen molar-refractivity contribution in [1.82, 2.24) is 9.13 Å². The van der Waals surface area contributed by atoms with E-state index in [2.05, 4.69) is 227 Å². The molecule has 4 nitrogen and oxygen atoms in total. The number of fused-ring (bicyclic) bond motifs is 10. The van der Waals surface area contributed by atoms with E-state index in [-0.39, 0.29) is 0 Å². The molecule has 0 N–H and O–H groups in total. The number of rotatable bonds is 8. The largest absolute Gasteiger partial charge is 0.310 e. The number of benzene rings is 9. The highest BCUT2D eigenvalue weighted by atomic mass is 15.2. The number of aryl methyl sites for hydroxylation is 2. The van der Waals surface area contributed by atoms with Crippen molar-refractivity contribution in [2.24, 2.45) is 0 Å².